The molecule has 0 aromatic heterocycles. The molecule has 26 heavy (non-hydrogen) atoms. The van der Waals surface area contributed by atoms with Gasteiger partial charge in [-0.1, -0.05) is 32.4 Å². The molecule has 2 rings (SSSR count). The molecule has 2 N–H and O–H groups in total. The first kappa shape index (κ1) is 20.8. The minimum Gasteiger partial charge on any atom is -0.411 e. The number of benzene rings is 1. The molecule has 1 aromatic carbocycles. The second kappa shape index (κ2) is 7.25. The Labute approximate surface area is 157 Å². The molecule has 1 saturated heterocycles. The Morgan fingerprint density at radius 2 is 1.92 bits per heavy atom. The Hall–Kier alpha value is -1.51. The van der Waals surface area contributed by atoms with Crippen LogP contribution in [-0.2, 0) is 14.0 Å². The van der Waals surface area contributed by atoms with E-state index in [1.54, 1.807) is 0 Å². The van der Waals surface area contributed by atoms with Crippen LogP contribution in [0.5, 0.6) is 0 Å². The van der Waals surface area contributed by atoms with E-state index in [1.165, 1.54) is 0 Å². The molecule has 1 fully saturated rings. The number of carbonyl (C=O) groups is 2. The van der Waals surface area contributed by atoms with Crippen LogP contribution in [0.1, 0.15) is 27.2 Å². The normalized spacial score (nSPS) is 20.8. The van der Waals surface area contributed by atoms with Gasteiger partial charge in [0.05, 0.1) is 23.2 Å². The molecule has 0 spiro atoms. The summed E-state index contributed by atoms with van der Waals surface area (Å²) in [5.41, 5.74) is -0.256. The Morgan fingerprint density at radius 1 is 1.31 bits per heavy atom. The summed E-state index contributed by atoms with van der Waals surface area (Å²) >= 11 is 5.64. The predicted molar refractivity (Wildman–Crippen MR) is 98.6 cm³/mol. The molecule has 1 aliphatic heterocycles. The van der Waals surface area contributed by atoms with Crippen molar-refractivity contribution in [3.8, 4) is 0 Å². The minimum atomic E-state index is -2.22. The van der Waals surface area contributed by atoms with Crippen molar-refractivity contribution in [2.24, 2.45) is 0 Å². The van der Waals surface area contributed by atoms with Crippen molar-refractivity contribution in [1.29, 1.82) is 0 Å². The van der Waals surface area contributed by atoms with Gasteiger partial charge in [-0.25, -0.2) is 8.78 Å². The van der Waals surface area contributed by atoms with Gasteiger partial charge in [-0.15, -0.1) is 0 Å². The van der Waals surface area contributed by atoms with Crippen molar-refractivity contribution < 1.29 is 22.8 Å². The average molecular weight is 405 g/mol. The maximum atomic E-state index is 13.9. The van der Waals surface area contributed by atoms with Gasteiger partial charge in [0, 0.05) is 6.07 Å². The van der Waals surface area contributed by atoms with Crippen molar-refractivity contribution in [2.75, 3.05) is 5.32 Å². The van der Waals surface area contributed by atoms with Crippen LogP contribution in [0.3, 0.4) is 0 Å². The third kappa shape index (κ3) is 4.42. The van der Waals surface area contributed by atoms with Crippen LogP contribution in [0.15, 0.2) is 12.1 Å². The minimum absolute atomic E-state index is 0.0528. The van der Waals surface area contributed by atoms with Crippen molar-refractivity contribution in [2.45, 2.75) is 57.5 Å². The number of anilines is 1. The van der Waals surface area contributed by atoms with Crippen LogP contribution < -0.4 is 10.6 Å². The van der Waals surface area contributed by atoms with Crippen LogP contribution >= 0.6 is 11.6 Å². The van der Waals surface area contributed by atoms with Crippen molar-refractivity contribution in [3.05, 3.63) is 28.8 Å². The number of hydrogen-bond donors (Lipinski definition) is 2. The lowest BCUT2D eigenvalue weighted by atomic mass is 10.1. The van der Waals surface area contributed by atoms with Crippen LogP contribution in [0.25, 0.3) is 0 Å². The number of halogens is 3. The largest absolute Gasteiger partial charge is 0.411 e. The fourth-order valence-corrected chi connectivity index (χ4v) is 3.85. The molecule has 2 amide bonds. The van der Waals surface area contributed by atoms with Gasteiger partial charge in [-0.3, -0.25) is 9.59 Å². The second-order valence-corrected chi connectivity index (χ2v) is 13.1. The first-order valence-electron chi connectivity index (χ1n) is 8.24. The van der Waals surface area contributed by atoms with Gasteiger partial charge in [0.1, 0.15) is 17.7 Å². The zero-order valence-electron chi connectivity index (χ0n) is 15.4. The Balaban J connectivity index is 2.19. The van der Waals surface area contributed by atoms with Gasteiger partial charge in [0.15, 0.2) is 8.32 Å². The highest BCUT2D eigenvalue weighted by Crippen LogP contribution is 2.38. The second-order valence-electron chi connectivity index (χ2n) is 7.90. The van der Waals surface area contributed by atoms with E-state index in [2.05, 4.69) is 10.6 Å². The molecule has 9 heteroatoms. The molecule has 5 nitrogen and oxygen atoms in total. The van der Waals surface area contributed by atoms with Crippen LogP contribution in [0.2, 0.25) is 23.2 Å². The van der Waals surface area contributed by atoms with E-state index < -0.39 is 38.0 Å². The summed E-state index contributed by atoms with van der Waals surface area (Å²) in [6.45, 7) is 10.2. The number of rotatable bonds is 4. The zero-order valence-corrected chi connectivity index (χ0v) is 17.1. The van der Waals surface area contributed by atoms with Gasteiger partial charge in [-0.05, 0) is 24.2 Å². The smallest absolute Gasteiger partial charge is 0.249 e. The van der Waals surface area contributed by atoms with Crippen molar-refractivity contribution in [3.63, 3.8) is 0 Å². The average Bonchev–Trinajstić information content (AvgIpc) is 2.83. The summed E-state index contributed by atoms with van der Waals surface area (Å²) in [6.07, 6.45) is -0.598. The lowest BCUT2D eigenvalue weighted by molar-refractivity contribution is -0.123. The molecule has 144 valence electrons. The highest BCUT2D eigenvalue weighted by molar-refractivity contribution is 6.74. The molecule has 0 radical (unpaired) electrons. The van der Waals surface area contributed by atoms with E-state index in [0.717, 1.165) is 6.07 Å². The Morgan fingerprint density at radius 3 is 2.50 bits per heavy atom. The molecular weight excluding hydrogens is 382 g/mol. The summed E-state index contributed by atoms with van der Waals surface area (Å²) in [5.74, 6) is -2.82. The monoisotopic (exact) mass is 404 g/mol. The molecule has 0 aliphatic carbocycles. The molecular formula is C17H23ClF2N2O3Si. The molecule has 1 heterocycles. The number of hydrogen-bond acceptors (Lipinski definition) is 3. The molecule has 0 bridgehead atoms. The summed E-state index contributed by atoms with van der Waals surface area (Å²) in [5, 5.41) is 4.50. The summed E-state index contributed by atoms with van der Waals surface area (Å²) in [7, 11) is -2.22. The molecule has 0 unspecified atom stereocenters. The maximum Gasteiger partial charge on any atom is 0.249 e. The predicted octanol–water partition coefficient (Wildman–Crippen LogP) is 3.84. The van der Waals surface area contributed by atoms with Crippen molar-refractivity contribution >= 4 is 37.4 Å². The van der Waals surface area contributed by atoms with E-state index in [0.29, 0.717) is 6.07 Å². The lowest BCUT2D eigenvalue weighted by Gasteiger charge is -2.39. The number of nitrogens with one attached hydrogen (secondary N) is 2. The third-order valence-corrected chi connectivity index (χ3v) is 9.67. The third-order valence-electron chi connectivity index (χ3n) is 4.88. The molecule has 2 atom stereocenters. The Bertz CT molecular complexity index is 737. The van der Waals surface area contributed by atoms with Gasteiger partial charge >= 0.3 is 0 Å². The Kier molecular flexibility index (Phi) is 5.79. The number of carbonyl (C=O) groups excluding carboxylic acids is 2. The topological polar surface area (TPSA) is 67.4 Å². The van der Waals surface area contributed by atoms with Gasteiger partial charge in [0.2, 0.25) is 11.8 Å². The van der Waals surface area contributed by atoms with E-state index >= 15 is 0 Å². The maximum absolute atomic E-state index is 13.9. The quantitative estimate of drug-likeness (QED) is 0.592. The van der Waals surface area contributed by atoms with E-state index in [9.17, 15) is 18.4 Å². The molecule has 1 aliphatic rings. The van der Waals surface area contributed by atoms with Crippen LogP contribution in [0.4, 0.5) is 14.5 Å². The fraction of sp³-hybridized carbons (Fsp3) is 0.529. The van der Waals surface area contributed by atoms with Gasteiger partial charge in [0.25, 0.3) is 0 Å². The first-order valence-corrected chi connectivity index (χ1v) is 11.5. The van der Waals surface area contributed by atoms with E-state index in [4.69, 9.17) is 16.0 Å². The van der Waals surface area contributed by atoms with Gasteiger partial charge < -0.3 is 15.1 Å². The van der Waals surface area contributed by atoms with Crippen LogP contribution in [0, 0.1) is 11.6 Å². The summed E-state index contributed by atoms with van der Waals surface area (Å²) in [6, 6.07) is 0.624. The number of amides is 2. The highest BCUT2D eigenvalue weighted by atomic mass is 35.5. The first-order chi connectivity index (χ1) is 11.8. The van der Waals surface area contributed by atoms with E-state index in [-0.39, 0.29) is 28.1 Å². The zero-order chi connectivity index (χ0) is 19.9. The van der Waals surface area contributed by atoms with E-state index in [1.807, 2.05) is 33.9 Å². The standard InChI is InChI=1S/C17H23ClF2N2O3Si/c1-17(2,3)26(4,5)25-13-8-14(23)22-15(13)16(24)21-12-6-9(18)10(19)7-11(12)20/h6-7,13,15H,8H2,1-5H3,(H,21,24)(H,22,23)/t13-,15-/m0/s1. The SMILES string of the molecule is CC(C)(C)[Si](C)(C)O[C@H]1CC(=O)N[C@@H]1C(=O)Nc1cc(Cl)c(F)cc1F. The van der Waals surface area contributed by atoms with Crippen LogP contribution in [-0.4, -0.2) is 32.3 Å². The highest BCUT2D eigenvalue weighted by Gasteiger charge is 2.45. The lowest BCUT2D eigenvalue weighted by Crippen LogP contribution is -2.50. The van der Waals surface area contributed by atoms with Gasteiger partial charge in [-0.2, -0.15) is 0 Å². The van der Waals surface area contributed by atoms with Crippen molar-refractivity contribution in [1.82, 2.24) is 5.32 Å². The summed E-state index contributed by atoms with van der Waals surface area (Å²) < 4.78 is 33.3. The molecule has 0 saturated carbocycles. The fourth-order valence-electron chi connectivity index (χ4n) is 2.35. The molecule has 1 aromatic rings. The summed E-state index contributed by atoms with van der Waals surface area (Å²) in [4.78, 5) is 24.4.